The first-order chi connectivity index (χ1) is 8.59. The molecule has 92 valence electrons. The van der Waals surface area contributed by atoms with E-state index in [1.807, 2.05) is 5.38 Å². The summed E-state index contributed by atoms with van der Waals surface area (Å²) in [6.45, 7) is 0. The summed E-state index contributed by atoms with van der Waals surface area (Å²) in [5, 5.41) is 2.62. The Labute approximate surface area is 107 Å². The number of aromatic nitrogens is 1. The van der Waals surface area contributed by atoms with Crippen molar-refractivity contribution in [1.29, 1.82) is 0 Å². The maximum Gasteiger partial charge on any atom is 0.249 e. The molecule has 0 unspecified atom stereocenters. The van der Waals surface area contributed by atoms with Gasteiger partial charge in [-0.1, -0.05) is 6.07 Å². The fourth-order valence-corrected chi connectivity index (χ4v) is 2.36. The number of primary amides is 2. The van der Waals surface area contributed by atoms with Gasteiger partial charge in [0.2, 0.25) is 11.8 Å². The molecule has 4 N–H and O–H groups in total. The molecule has 0 aliphatic rings. The summed E-state index contributed by atoms with van der Waals surface area (Å²) in [5.74, 6) is -1.16. The quantitative estimate of drug-likeness (QED) is 0.856. The van der Waals surface area contributed by atoms with Crippen molar-refractivity contribution in [3.8, 4) is 0 Å². The van der Waals surface area contributed by atoms with E-state index in [4.69, 9.17) is 11.5 Å². The first kappa shape index (κ1) is 12.3. The zero-order valence-corrected chi connectivity index (χ0v) is 10.2. The summed E-state index contributed by atoms with van der Waals surface area (Å²) in [5.41, 5.74) is 11.8. The number of thiazole rings is 1. The molecule has 2 aromatic rings. The molecule has 18 heavy (non-hydrogen) atoms. The van der Waals surface area contributed by atoms with Crippen molar-refractivity contribution in [1.82, 2.24) is 4.98 Å². The van der Waals surface area contributed by atoms with E-state index >= 15 is 0 Å². The Morgan fingerprint density at radius 2 is 1.78 bits per heavy atom. The van der Waals surface area contributed by atoms with Gasteiger partial charge in [0.1, 0.15) is 0 Å². The normalized spacial score (nSPS) is 10.2. The number of nitrogens with two attached hydrogens (primary N) is 2. The topological polar surface area (TPSA) is 99.1 Å². The van der Waals surface area contributed by atoms with Crippen LogP contribution in [0.5, 0.6) is 0 Å². The number of rotatable bonds is 4. The first-order valence-electron chi connectivity index (χ1n) is 5.19. The number of carbonyl (C=O) groups is 2. The summed E-state index contributed by atoms with van der Waals surface area (Å²) in [6.07, 6.45) is 2.03. The fourth-order valence-electron chi connectivity index (χ4n) is 1.73. The molecule has 0 bridgehead atoms. The third-order valence-electron chi connectivity index (χ3n) is 2.52. The Bertz CT molecular complexity index is 561. The summed E-state index contributed by atoms with van der Waals surface area (Å²) < 4.78 is 0. The van der Waals surface area contributed by atoms with Gasteiger partial charge in [-0.15, -0.1) is 11.3 Å². The van der Waals surface area contributed by atoms with E-state index in [1.165, 1.54) is 11.3 Å². The minimum atomic E-state index is -0.579. The van der Waals surface area contributed by atoms with Crippen molar-refractivity contribution in [2.45, 2.75) is 6.42 Å². The van der Waals surface area contributed by atoms with E-state index in [-0.39, 0.29) is 0 Å². The Hall–Kier alpha value is -2.21. The molecule has 1 heterocycles. The van der Waals surface area contributed by atoms with Crippen LogP contribution in [0.4, 0.5) is 0 Å². The largest absolute Gasteiger partial charge is 0.366 e. The van der Waals surface area contributed by atoms with Crippen LogP contribution in [-0.2, 0) is 6.42 Å². The molecule has 0 radical (unpaired) electrons. The molecule has 0 spiro atoms. The van der Waals surface area contributed by atoms with Gasteiger partial charge in [-0.3, -0.25) is 9.59 Å². The van der Waals surface area contributed by atoms with E-state index in [0.717, 1.165) is 5.01 Å². The Morgan fingerprint density at radius 1 is 1.17 bits per heavy atom. The van der Waals surface area contributed by atoms with Crippen LogP contribution < -0.4 is 11.5 Å². The van der Waals surface area contributed by atoms with Gasteiger partial charge in [0.05, 0.1) is 5.01 Å². The maximum atomic E-state index is 11.4. The molecular weight excluding hydrogens is 250 g/mol. The van der Waals surface area contributed by atoms with Crippen LogP contribution in [-0.4, -0.2) is 16.8 Å². The number of benzene rings is 1. The van der Waals surface area contributed by atoms with Crippen molar-refractivity contribution in [2.24, 2.45) is 11.5 Å². The summed E-state index contributed by atoms with van der Waals surface area (Å²) in [4.78, 5) is 26.9. The van der Waals surface area contributed by atoms with Crippen molar-refractivity contribution in [3.05, 3.63) is 51.5 Å². The highest BCUT2D eigenvalue weighted by Gasteiger charge is 2.16. The zero-order valence-electron chi connectivity index (χ0n) is 9.42. The van der Waals surface area contributed by atoms with Crippen LogP contribution in [0.2, 0.25) is 0 Å². The number of nitrogens with zero attached hydrogens (tertiary/aromatic N) is 1. The predicted octanol–water partition coefficient (Wildman–Crippen LogP) is 0.932. The lowest BCUT2D eigenvalue weighted by Gasteiger charge is -2.09. The van der Waals surface area contributed by atoms with Gasteiger partial charge in [0, 0.05) is 29.1 Å². The Morgan fingerprint density at radius 3 is 2.22 bits per heavy atom. The minimum absolute atomic E-state index is 0.307. The van der Waals surface area contributed by atoms with Gasteiger partial charge >= 0.3 is 0 Å². The van der Waals surface area contributed by atoms with Crippen LogP contribution >= 0.6 is 11.3 Å². The molecule has 0 fully saturated rings. The van der Waals surface area contributed by atoms with Crippen molar-refractivity contribution in [3.63, 3.8) is 0 Å². The second-order valence-electron chi connectivity index (χ2n) is 3.66. The monoisotopic (exact) mass is 261 g/mol. The van der Waals surface area contributed by atoms with Crippen LogP contribution in [0.25, 0.3) is 0 Å². The lowest BCUT2D eigenvalue weighted by atomic mass is 9.97. The fraction of sp³-hybridized carbons (Fsp3) is 0.0833. The van der Waals surface area contributed by atoms with E-state index < -0.39 is 11.8 Å². The SMILES string of the molecule is NC(=O)c1cccc(C(N)=O)c1Cc1nccs1. The molecule has 5 nitrogen and oxygen atoms in total. The second kappa shape index (κ2) is 4.97. The first-order valence-corrected chi connectivity index (χ1v) is 6.07. The highest BCUT2D eigenvalue weighted by Crippen LogP contribution is 2.20. The van der Waals surface area contributed by atoms with Crippen LogP contribution in [0.1, 0.15) is 31.3 Å². The highest BCUT2D eigenvalue weighted by atomic mass is 32.1. The Balaban J connectivity index is 2.53. The average molecular weight is 261 g/mol. The van der Waals surface area contributed by atoms with Gasteiger partial charge in [0.15, 0.2) is 0 Å². The van der Waals surface area contributed by atoms with Crippen molar-refractivity contribution < 1.29 is 9.59 Å². The molecule has 6 heteroatoms. The number of carbonyl (C=O) groups excluding carboxylic acids is 2. The standard InChI is InChI=1S/C12H11N3O2S/c13-11(16)7-2-1-3-8(12(14)17)9(7)6-10-15-4-5-18-10/h1-5H,6H2,(H2,13,16)(H2,14,17). The molecule has 1 aromatic heterocycles. The number of hydrogen-bond donors (Lipinski definition) is 2. The third kappa shape index (κ3) is 2.38. The third-order valence-corrected chi connectivity index (χ3v) is 3.30. The van der Waals surface area contributed by atoms with E-state index in [9.17, 15) is 9.59 Å². The van der Waals surface area contributed by atoms with E-state index in [2.05, 4.69) is 4.98 Å². The molecule has 2 amide bonds. The number of hydrogen-bond acceptors (Lipinski definition) is 4. The van der Waals surface area contributed by atoms with Crippen molar-refractivity contribution >= 4 is 23.2 Å². The predicted molar refractivity (Wildman–Crippen MR) is 68.4 cm³/mol. The smallest absolute Gasteiger partial charge is 0.249 e. The maximum absolute atomic E-state index is 11.4. The molecule has 2 rings (SSSR count). The van der Waals surface area contributed by atoms with E-state index in [1.54, 1.807) is 24.4 Å². The minimum Gasteiger partial charge on any atom is -0.366 e. The molecule has 1 aromatic carbocycles. The molecule has 0 aliphatic carbocycles. The van der Waals surface area contributed by atoms with Gasteiger partial charge in [-0.25, -0.2) is 4.98 Å². The average Bonchev–Trinajstić information content (AvgIpc) is 2.81. The summed E-state index contributed by atoms with van der Waals surface area (Å²) >= 11 is 1.44. The molecule has 0 saturated heterocycles. The summed E-state index contributed by atoms with van der Waals surface area (Å²) in [7, 11) is 0. The second-order valence-corrected chi connectivity index (χ2v) is 4.64. The molecule has 0 saturated carbocycles. The van der Waals surface area contributed by atoms with Gasteiger partial charge in [-0.2, -0.15) is 0 Å². The van der Waals surface area contributed by atoms with E-state index in [0.29, 0.717) is 23.1 Å². The number of amides is 2. The van der Waals surface area contributed by atoms with Gasteiger partial charge in [0.25, 0.3) is 0 Å². The van der Waals surface area contributed by atoms with Crippen molar-refractivity contribution in [2.75, 3.05) is 0 Å². The summed E-state index contributed by atoms with van der Waals surface area (Å²) in [6, 6.07) is 4.75. The van der Waals surface area contributed by atoms with Gasteiger partial charge < -0.3 is 11.5 Å². The Kier molecular flexibility index (Phi) is 3.38. The van der Waals surface area contributed by atoms with Crippen LogP contribution in [0.15, 0.2) is 29.8 Å². The van der Waals surface area contributed by atoms with Gasteiger partial charge in [-0.05, 0) is 17.7 Å². The lowest BCUT2D eigenvalue weighted by molar-refractivity contribution is 0.0999. The highest BCUT2D eigenvalue weighted by molar-refractivity contribution is 7.09. The molecule has 0 atom stereocenters. The zero-order chi connectivity index (χ0) is 13.1. The van der Waals surface area contributed by atoms with Crippen LogP contribution in [0.3, 0.4) is 0 Å². The molecular formula is C12H11N3O2S. The lowest BCUT2D eigenvalue weighted by Crippen LogP contribution is -2.20. The van der Waals surface area contributed by atoms with Crippen LogP contribution in [0, 0.1) is 0 Å². The molecule has 0 aliphatic heterocycles.